The van der Waals surface area contributed by atoms with Gasteiger partial charge in [0, 0.05) is 19.6 Å². The van der Waals surface area contributed by atoms with Gasteiger partial charge in [-0.3, -0.25) is 9.58 Å². The van der Waals surface area contributed by atoms with Crippen molar-refractivity contribution in [2.24, 2.45) is 5.92 Å². The van der Waals surface area contributed by atoms with Gasteiger partial charge in [0.15, 0.2) is 0 Å². The molecule has 1 fully saturated rings. The molecule has 1 N–H and O–H groups in total. The lowest BCUT2D eigenvalue weighted by atomic mass is 9.98. The number of halogens is 1. The van der Waals surface area contributed by atoms with Crippen LogP contribution in [0.4, 0.5) is 0 Å². The third-order valence-electron chi connectivity index (χ3n) is 3.92. The largest absolute Gasteiger partial charge is 0.319 e. The standard InChI is InChI=1S/C14H25ClN4/c1-4-19-13(14(15)11(2)17-19)10-18-7-5-6-12(9-18)8-16-3/h12,16H,4-10H2,1-3H3. The Bertz CT molecular complexity index is 414. The maximum atomic E-state index is 6.39. The zero-order valence-electron chi connectivity index (χ0n) is 12.2. The maximum Gasteiger partial charge on any atom is 0.0860 e. The molecule has 2 heterocycles. The van der Waals surface area contributed by atoms with Crippen LogP contribution in [0, 0.1) is 12.8 Å². The van der Waals surface area contributed by atoms with Crippen LogP contribution in [-0.4, -0.2) is 41.4 Å². The first-order valence-corrected chi connectivity index (χ1v) is 7.62. The minimum Gasteiger partial charge on any atom is -0.319 e. The molecule has 1 aliphatic rings. The molecule has 1 aromatic heterocycles. The number of hydrogen-bond donors (Lipinski definition) is 1. The van der Waals surface area contributed by atoms with Crippen molar-refractivity contribution in [2.75, 3.05) is 26.7 Å². The number of nitrogens with one attached hydrogen (secondary N) is 1. The summed E-state index contributed by atoms with van der Waals surface area (Å²) in [5.41, 5.74) is 2.12. The monoisotopic (exact) mass is 284 g/mol. The van der Waals surface area contributed by atoms with Crippen molar-refractivity contribution in [3.63, 3.8) is 0 Å². The van der Waals surface area contributed by atoms with Gasteiger partial charge < -0.3 is 5.32 Å². The maximum absolute atomic E-state index is 6.39. The third-order valence-corrected chi connectivity index (χ3v) is 4.41. The number of hydrogen-bond acceptors (Lipinski definition) is 3. The van der Waals surface area contributed by atoms with Gasteiger partial charge in [0.1, 0.15) is 0 Å². The van der Waals surface area contributed by atoms with E-state index in [1.807, 2.05) is 18.7 Å². The Hall–Kier alpha value is -0.580. The van der Waals surface area contributed by atoms with Gasteiger partial charge in [0.25, 0.3) is 0 Å². The van der Waals surface area contributed by atoms with E-state index in [1.54, 1.807) is 0 Å². The van der Waals surface area contributed by atoms with Crippen LogP contribution in [0.3, 0.4) is 0 Å². The normalized spacial score (nSPS) is 20.9. The predicted molar refractivity (Wildman–Crippen MR) is 79.6 cm³/mol. The van der Waals surface area contributed by atoms with E-state index >= 15 is 0 Å². The fraction of sp³-hybridized carbons (Fsp3) is 0.786. The van der Waals surface area contributed by atoms with E-state index in [-0.39, 0.29) is 0 Å². The molecule has 0 aromatic carbocycles. The highest BCUT2D eigenvalue weighted by molar-refractivity contribution is 6.31. The van der Waals surface area contributed by atoms with E-state index in [1.165, 1.54) is 25.1 Å². The van der Waals surface area contributed by atoms with Crippen molar-refractivity contribution in [3.05, 3.63) is 16.4 Å². The summed E-state index contributed by atoms with van der Waals surface area (Å²) in [6.07, 6.45) is 2.61. The van der Waals surface area contributed by atoms with Crippen molar-refractivity contribution in [2.45, 2.75) is 39.8 Å². The highest BCUT2D eigenvalue weighted by Crippen LogP contribution is 2.24. The van der Waals surface area contributed by atoms with Crippen LogP contribution in [0.5, 0.6) is 0 Å². The number of piperidine rings is 1. The van der Waals surface area contributed by atoms with Gasteiger partial charge in [-0.25, -0.2) is 0 Å². The van der Waals surface area contributed by atoms with E-state index in [2.05, 4.69) is 22.2 Å². The van der Waals surface area contributed by atoms with E-state index in [9.17, 15) is 0 Å². The molecule has 5 heteroatoms. The SMILES string of the molecule is CCn1nc(C)c(Cl)c1CN1CCCC(CNC)C1. The number of aromatic nitrogens is 2. The highest BCUT2D eigenvalue weighted by atomic mass is 35.5. The van der Waals surface area contributed by atoms with Crippen LogP contribution in [-0.2, 0) is 13.1 Å². The Balaban J connectivity index is 2.04. The summed E-state index contributed by atoms with van der Waals surface area (Å²) in [6.45, 7) is 9.35. The average Bonchev–Trinajstić information content (AvgIpc) is 2.67. The zero-order chi connectivity index (χ0) is 13.8. The van der Waals surface area contributed by atoms with E-state index in [0.29, 0.717) is 0 Å². The van der Waals surface area contributed by atoms with Gasteiger partial charge in [0.05, 0.1) is 16.4 Å². The first-order chi connectivity index (χ1) is 9.15. The Kier molecular flexibility index (Phi) is 5.25. The van der Waals surface area contributed by atoms with Gasteiger partial charge in [-0.15, -0.1) is 0 Å². The van der Waals surface area contributed by atoms with E-state index in [0.717, 1.165) is 42.8 Å². The van der Waals surface area contributed by atoms with Gasteiger partial charge in [0.2, 0.25) is 0 Å². The lowest BCUT2D eigenvalue weighted by Crippen LogP contribution is -2.39. The molecule has 108 valence electrons. The van der Waals surface area contributed by atoms with E-state index < -0.39 is 0 Å². The molecule has 1 atom stereocenters. The molecule has 0 spiro atoms. The Morgan fingerprint density at radius 2 is 2.26 bits per heavy atom. The second-order valence-electron chi connectivity index (χ2n) is 5.46. The summed E-state index contributed by atoms with van der Waals surface area (Å²) in [5.74, 6) is 0.761. The third kappa shape index (κ3) is 3.50. The molecule has 0 amide bonds. The fourth-order valence-corrected chi connectivity index (χ4v) is 3.18. The molecular formula is C14H25ClN4. The van der Waals surface area contributed by atoms with Crippen molar-refractivity contribution in [1.82, 2.24) is 20.0 Å². The van der Waals surface area contributed by atoms with Crippen molar-refractivity contribution in [1.29, 1.82) is 0 Å². The van der Waals surface area contributed by atoms with Crippen LogP contribution in [0.25, 0.3) is 0 Å². The summed E-state index contributed by atoms with van der Waals surface area (Å²) in [6, 6.07) is 0. The summed E-state index contributed by atoms with van der Waals surface area (Å²) >= 11 is 6.39. The summed E-state index contributed by atoms with van der Waals surface area (Å²) < 4.78 is 2.04. The average molecular weight is 285 g/mol. The second kappa shape index (κ2) is 6.73. The lowest BCUT2D eigenvalue weighted by molar-refractivity contribution is 0.163. The second-order valence-corrected chi connectivity index (χ2v) is 5.84. The Labute approximate surface area is 121 Å². The molecule has 1 aromatic rings. The molecule has 1 unspecified atom stereocenters. The molecular weight excluding hydrogens is 260 g/mol. The highest BCUT2D eigenvalue weighted by Gasteiger charge is 2.22. The molecule has 4 nitrogen and oxygen atoms in total. The molecule has 0 aliphatic carbocycles. The molecule has 19 heavy (non-hydrogen) atoms. The van der Waals surface area contributed by atoms with Crippen LogP contribution >= 0.6 is 11.6 Å². The Morgan fingerprint density at radius 1 is 1.47 bits per heavy atom. The van der Waals surface area contributed by atoms with Crippen LogP contribution < -0.4 is 5.32 Å². The van der Waals surface area contributed by atoms with Crippen molar-refractivity contribution < 1.29 is 0 Å². The van der Waals surface area contributed by atoms with Crippen LogP contribution in [0.15, 0.2) is 0 Å². The Morgan fingerprint density at radius 3 is 2.95 bits per heavy atom. The first kappa shape index (κ1) is 14.8. The first-order valence-electron chi connectivity index (χ1n) is 7.24. The molecule has 0 saturated carbocycles. The van der Waals surface area contributed by atoms with Gasteiger partial charge in [-0.05, 0) is 52.7 Å². The summed E-state index contributed by atoms with van der Waals surface area (Å²) in [7, 11) is 2.03. The summed E-state index contributed by atoms with van der Waals surface area (Å²) in [5, 5.41) is 8.63. The zero-order valence-corrected chi connectivity index (χ0v) is 13.0. The lowest BCUT2D eigenvalue weighted by Gasteiger charge is -2.32. The van der Waals surface area contributed by atoms with E-state index in [4.69, 9.17) is 11.6 Å². The van der Waals surface area contributed by atoms with Gasteiger partial charge in [-0.1, -0.05) is 11.6 Å². The minimum atomic E-state index is 0.761. The van der Waals surface area contributed by atoms with Gasteiger partial charge >= 0.3 is 0 Å². The van der Waals surface area contributed by atoms with Crippen molar-refractivity contribution in [3.8, 4) is 0 Å². The number of likely N-dealkylation sites (tertiary alicyclic amines) is 1. The smallest absolute Gasteiger partial charge is 0.0860 e. The fourth-order valence-electron chi connectivity index (χ4n) is 2.98. The molecule has 2 rings (SSSR count). The van der Waals surface area contributed by atoms with Crippen LogP contribution in [0.1, 0.15) is 31.2 Å². The topological polar surface area (TPSA) is 33.1 Å². The van der Waals surface area contributed by atoms with Crippen LogP contribution in [0.2, 0.25) is 5.02 Å². The number of nitrogens with zero attached hydrogens (tertiary/aromatic N) is 3. The summed E-state index contributed by atoms with van der Waals surface area (Å²) in [4.78, 5) is 2.51. The number of rotatable bonds is 5. The molecule has 0 bridgehead atoms. The molecule has 1 aliphatic heterocycles. The van der Waals surface area contributed by atoms with Gasteiger partial charge in [-0.2, -0.15) is 5.10 Å². The minimum absolute atomic E-state index is 0.761. The molecule has 0 radical (unpaired) electrons. The van der Waals surface area contributed by atoms with Crippen molar-refractivity contribution >= 4 is 11.6 Å². The number of aryl methyl sites for hydroxylation is 2. The quantitative estimate of drug-likeness (QED) is 0.901. The predicted octanol–water partition coefficient (Wildman–Crippen LogP) is 2.30. The molecule has 1 saturated heterocycles.